The van der Waals surface area contributed by atoms with Crippen molar-refractivity contribution in [1.29, 1.82) is 0 Å². The van der Waals surface area contributed by atoms with Crippen LogP contribution in [0.25, 0.3) is 0 Å². The summed E-state index contributed by atoms with van der Waals surface area (Å²) in [6, 6.07) is 13.3. The van der Waals surface area contributed by atoms with Crippen molar-refractivity contribution in [3.63, 3.8) is 0 Å². The molecule has 2 aromatic rings. The smallest absolute Gasteiger partial charge is 0.422 e. The summed E-state index contributed by atoms with van der Waals surface area (Å²) in [5.74, 6) is 0.603. The van der Waals surface area contributed by atoms with E-state index in [4.69, 9.17) is 4.74 Å². The molecule has 0 bridgehead atoms. The monoisotopic (exact) mass is 381 g/mol. The highest BCUT2D eigenvalue weighted by molar-refractivity contribution is 5.94. The molecule has 0 aliphatic rings. The second kappa shape index (κ2) is 9.85. The molecular formula is C20H22F3NO3. The third kappa shape index (κ3) is 8.02. The first-order valence-electron chi connectivity index (χ1n) is 8.61. The molecule has 0 spiro atoms. The maximum Gasteiger partial charge on any atom is 0.422 e. The van der Waals surface area contributed by atoms with Crippen molar-refractivity contribution in [2.45, 2.75) is 25.9 Å². The van der Waals surface area contributed by atoms with E-state index in [-0.39, 0.29) is 11.7 Å². The molecule has 0 heterocycles. The predicted octanol–water partition coefficient (Wildman–Crippen LogP) is 4.53. The molecule has 4 nitrogen and oxygen atoms in total. The Morgan fingerprint density at radius 2 is 1.52 bits per heavy atom. The summed E-state index contributed by atoms with van der Waals surface area (Å²) in [6.07, 6.45) is -2.85. The fourth-order valence-electron chi connectivity index (χ4n) is 2.22. The van der Waals surface area contributed by atoms with Crippen LogP contribution in [0.15, 0.2) is 48.5 Å². The number of aryl methyl sites for hydroxylation is 1. The van der Waals surface area contributed by atoms with Gasteiger partial charge in [0, 0.05) is 12.1 Å². The Morgan fingerprint density at radius 3 is 2.15 bits per heavy atom. The zero-order valence-electron chi connectivity index (χ0n) is 15.0. The predicted molar refractivity (Wildman–Crippen MR) is 96.2 cm³/mol. The Morgan fingerprint density at radius 1 is 0.926 bits per heavy atom. The van der Waals surface area contributed by atoms with E-state index in [0.717, 1.165) is 18.6 Å². The second-order valence-electron chi connectivity index (χ2n) is 6.05. The van der Waals surface area contributed by atoms with Crippen molar-refractivity contribution in [2.24, 2.45) is 0 Å². The molecule has 0 fully saturated rings. The van der Waals surface area contributed by atoms with E-state index < -0.39 is 12.8 Å². The molecule has 2 rings (SSSR count). The van der Waals surface area contributed by atoms with Gasteiger partial charge in [0.15, 0.2) is 6.61 Å². The summed E-state index contributed by atoms with van der Waals surface area (Å²) in [6.45, 7) is 1.70. The van der Waals surface area contributed by atoms with Gasteiger partial charge in [0.1, 0.15) is 11.5 Å². The molecule has 0 aromatic heterocycles. The Bertz CT molecular complexity index is 713. The Labute approximate surface area is 156 Å². The fraction of sp³-hybridized carbons (Fsp3) is 0.350. The van der Waals surface area contributed by atoms with Crippen molar-refractivity contribution >= 4 is 5.91 Å². The van der Waals surface area contributed by atoms with E-state index in [9.17, 15) is 18.0 Å². The number of benzene rings is 2. The van der Waals surface area contributed by atoms with Crippen molar-refractivity contribution in [2.75, 3.05) is 19.8 Å². The maximum absolute atomic E-state index is 12.1. The number of unbranched alkanes of at least 4 members (excludes halogenated alkanes) is 1. The van der Waals surface area contributed by atoms with Crippen molar-refractivity contribution in [1.82, 2.24) is 5.32 Å². The lowest BCUT2D eigenvalue weighted by molar-refractivity contribution is -0.153. The number of hydrogen-bond acceptors (Lipinski definition) is 3. The molecular weight excluding hydrogens is 359 g/mol. The minimum absolute atomic E-state index is 0.0668. The van der Waals surface area contributed by atoms with Gasteiger partial charge < -0.3 is 14.8 Å². The zero-order chi connectivity index (χ0) is 19.7. The second-order valence-corrected chi connectivity index (χ2v) is 6.05. The van der Waals surface area contributed by atoms with Gasteiger partial charge in [-0.05, 0) is 56.2 Å². The number of amides is 1. The highest BCUT2D eigenvalue weighted by Crippen LogP contribution is 2.19. The Hall–Kier alpha value is -2.70. The lowest BCUT2D eigenvalue weighted by Crippen LogP contribution is -2.24. The average Bonchev–Trinajstić information content (AvgIpc) is 2.64. The SMILES string of the molecule is Cc1ccc(OCCCCNC(=O)c2ccc(OCC(F)(F)F)cc2)cc1. The van der Waals surface area contributed by atoms with Crippen molar-refractivity contribution < 1.29 is 27.4 Å². The highest BCUT2D eigenvalue weighted by atomic mass is 19.4. The van der Waals surface area contributed by atoms with Crippen LogP contribution < -0.4 is 14.8 Å². The topological polar surface area (TPSA) is 47.6 Å². The van der Waals surface area contributed by atoms with Crippen LogP contribution in [-0.4, -0.2) is 31.8 Å². The highest BCUT2D eigenvalue weighted by Gasteiger charge is 2.28. The van der Waals surface area contributed by atoms with Gasteiger partial charge in [-0.3, -0.25) is 4.79 Å². The van der Waals surface area contributed by atoms with Gasteiger partial charge >= 0.3 is 6.18 Å². The molecule has 0 aliphatic heterocycles. The van der Waals surface area contributed by atoms with Crippen LogP contribution in [0.4, 0.5) is 13.2 Å². The number of ether oxygens (including phenoxy) is 2. The number of hydrogen-bond donors (Lipinski definition) is 1. The molecule has 1 amide bonds. The van der Waals surface area contributed by atoms with E-state index in [2.05, 4.69) is 10.1 Å². The fourth-order valence-corrected chi connectivity index (χ4v) is 2.22. The molecule has 0 saturated heterocycles. The molecule has 0 radical (unpaired) electrons. The van der Waals surface area contributed by atoms with E-state index in [0.29, 0.717) is 18.7 Å². The van der Waals surface area contributed by atoms with E-state index in [1.807, 2.05) is 31.2 Å². The van der Waals surface area contributed by atoms with Crippen LogP contribution >= 0.6 is 0 Å². The minimum atomic E-state index is -4.39. The minimum Gasteiger partial charge on any atom is -0.494 e. The number of rotatable bonds is 9. The van der Waals surface area contributed by atoms with Gasteiger partial charge in [0.05, 0.1) is 6.61 Å². The summed E-state index contributed by atoms with van der Waals surface area (Å²) in [5, 5.41) is 2.77. The van der Waals surface area contributed by atoms with Gasteiger partial charge in [-0.1, -0.05) is 17.7 Å². The van der Waals surface area contributed by atoms with Crippen LogP contribution in [0.2, 0.25) is 0 Å². The summed E-state index contributed by atoms with van der Waals surface area (Å²) in [5.41, 5.74) is 1.54. The lowest BCUT2D eigenvalue weighted by Gasteiger charge is -2.10. The maximum atomic E-state index is 12.1. The molecule has 0 unspecified atom stereocenters. The van der Waals surface area contributed by atoms with Crippen molar-refractivity contribution in [3.8, 4) is 11.5 Å². The molecule has 1 N–H and O–H groups in total. The Kier molecular flexibility index (Phi) is 7.52. The number of nitrogens with one attached hydrogen (secondary N) is 1. The lowest BCUT2D eigenvalue weighted by atomic mass is 10.2. The molecule has 0 aliphatic carbocycles. The van der Waals surface area contributed by atoms with Crippen LogP contribution in [-0.2, 0) is 0 Å². The van der Waals surface area contributed by atoms with Crippen LogP contribution in [0.1, 0.15) is 28.8 Å². The quantitative estimate of drug-likeness (QED) is 0.650. The first-order valence-corrected chi connectivity index (χ1v) is 8.61. The van der Waals surface area contributed by atoms with Crippen LogP contribution in [0, 0.1) is 6.92 Å². The summed E-state index contributed by atoms with van der Waals surface area (Å²) in [4.78, 5) is 12.0. The molecule has 27 heavy (non-hydrogen) atoms. The van der Waals surface area contributed by atoms with E-state index >= 15 is 0 Å². The van der Waals surface area contributed by atoms with Gasteiger partial charge in [-0.2, -0.15) is 13.2 Å². The molecule has 7 heteroatoms. The van der Waals surface area contributed by atoms with E-state index in [1.165, 1.54) is 29.8 Å². The number of alkyl halides is 3. The standard InChI is InChI=1S/C20H22F3NO3/c1-15-4-8-17(9-5-15)26-13-3-2-12-24-19(25)16-6-10-18(11-7-16)27-14-20(21,22)23/h4-11H,2-3,12-14H2,1H3,(H,24,25). The van der Waals surface area contributed by atoms with Gasteiger partial charge in [-0.15, -0.1) is 0 Å². The largest absolute Gasteiger partial charge is 0.494 e. The third-order valence-electron chi connectivity index (χ3n) is 3.67. The van der Waals surface area contributed by atoms with E-state index in [1.54, 1.807) is 0 Å². The first-order chi connectivity index (χ1) is 12.8. The third-order valence-corrected chi connectivity index (χ3v) is 3.67. The normalized spacial score (nSPS) is 11.1. The van der Waals surface area contributed by atoms with Crippen molar-refractivity contribution in [3.05, 3.63) is 59.7 Å². The van der Waals surface area contributed by atoms with Gasteiger partial charge in [0.2, 0.25) is 0 Å². The summed E-state index contributed by atoms with van der Waals surface area (Å²) < 4.78 is 46.5. The first kappa shape index (κ1) is 20.6. The molecule has 146 valence electrons. The number of carbonyl (C=O) groups excluding carboxylic acids is 1. The number of carbonyl (C=O) groups is 1. The summed E-state index contributed by atoms with van der Waals surface area (Å²) in [7, 11) is 0. The molecule has 2 aromatic carbocycles. The van der Waals surface area contributed by atoms with Crippen LogP contribution in [0.3, 0.4) is 0 Å². The van der Waals surface area contributed by atoms with Crippen LogP contribution in [0.5, 0.6) is 11.5 Å². The van der Waals surface area contributed by atoms with Gasteiger partial charge in [0.25, 0.3) is 5.91 Å². The molecule has 0 saturated carbocycles. The average molecular weight is 381 g/mol. The Balaban J connectivity index is 1.63. The number of halogens is 3. The summed E-state index contributed by atoms with van der Waals surface area (Å²) >= 11 is 0. The van der Waals surface area contributed by atoms with Gasteiger partial charge in [-0.25, -0.2) is 0 Å². The zero-order valence-corrected chi connectivity index (χ0v) is 15.0. The molecule has 0 atom stereocenters.